The quantitative estimate of drug-likeness (QED) is 0.256. The number of carbonyl (C=O) groups is 2. The zero-order valence-corrected chi connectivity index (χ0v) is 24.8. The number of carbonyl (C=O) groups excluding carboxylic acids is 2. The smallest absolute Gasteiger partial charge is 0.410 e. The van der Waals surface area contributed by atoms with Crippen LogP contribution in [0.2, 0.25) is 0 Å². The molecule has 2 heterocycles. The van der Waals surface area contributed by atoms with Gasteiger partial charge in [0, 0.05) is 46.3 Å². The summed E-state index contributed by atoms with van der Waals surface area (Å²) in [6.45, 7) is 7.02. The van der Waals surface area contributed by atoms with E-state index in [9.17, 15) is 9.59 Å². The molecule has 212 valence electrons. The third-order valence-electron chi connectivity index (χ3n) is 6.45. The summed E-state index contributed by atoms with van der Waals surface area (Å²) >= 11 is 1.44. The van der Waals surface area contributed by atoms with Gasteiger partial charge >= 0.3 is 6.09 Å². The summed E-state index contributed by atoms with van der Waals surface area (Å²) in [4.78, 5) is 40.6. The van der Waals surface area contributed by atoms with E-state index in [0.29, 0.717) is 54.0 Å². The molecule has 0 aliphatic carbocycles. The number of thioether (sulfide) groups is 1. The molecule has 0 N–H and O–H groups in total. The number of para-hydroxylation sites is 2. The first-order valence-electron chi connectivity index (χ1n) is 13.3. The minimum Gasteiger partial charge on any atom is -0.483 e. The average Bonchev–Trinajstić information content (AvgIpc) is 3.06. The Hall–Kier alpha value is -3.79. The number of ether oxygens (including phenoxy) is 2. The highest BCUT2D eigenvalue weighted by molar-refractivity contribution is 7.98. The first kappa shape index (κ1) is 29.2. The normalized spacial score (nSPS) is 14.3. The Labute approximate surface area is 240 Å². The lowest BCUT2D eigenvalue weighted by Crippen LogP contribution is -2.35. The summed E-state index contributed by atoms with van der Waals surface area (Å²) in [5.74, 6) is 1.03. The van der Waals surface area contributed by atoms with Crippen molar-refractivity contribution in [3.63, 3.8) is 0 Å². The second kappa shape index (κ2) is 12.6. The molecule has 0 radical (unpaired) electrons. The molecule has 0 bridgehead atoms. The fourth-order valence-electron chi connectivity index (χ4n) is 4.37. The Morgan fingerprint density at radius 3 is 2.50 bits per heavy atom. The van der Waals surface area contributed by atoms with Crippen LogP contribution < -0.4 is 14.5 Å². The van der Waals surface area contributed by atoms with Gasteiger partial charge in [0.2, 0.25) is 0 Å². The van der Waals surface area contributed by atoms with Gasteiger partial charge in [-0.1, -0.05) is 54.2 Å². The van der Waals surface area contributed by atoms with Crippen molar-refractivity contribution in [1.82, 2.24) is 14.9 Å². The van der Waals surface area contributed by atoms with E-state index in [0.717, 1.165) is 5.56 Å². The summed E-state index contributed by atoms with van der Waals surface area (Å²) in [5.41, 5.74) is 1.52. The van der Waals surface area contributed by atoms with Crippen molar-refractivity contribution >= 4 is 35.3 Å². The van der Waals surface area contributed by atoms with E-state index in [1.807, 2.05) is 93.6 Å². The number of amides is 2. The molecule has 1 aromatic heterocycles. The first-order chi connectivity index (χ1) is 19.1. The van der Waals surface area contributed by atoms with Gasteiger partial charge in [0.25, 0.3) is 5.91 Å². The second-order valence-electron chi connectivity index (χ2n) is 10.6. The van der Waals surface area contributed by atoms with Crippen LogP contribution in [-0.2, 0) is 4.74 Å². The number of rotatable bonds is 8. The number of nitrogens with zero attached hydrogens (tertiary/aromatic N) is 5. The van der Waals surface area contributed by atoms with Crippen molar-refractivity contribution in [2.24, 2.45) is 0 Å². The van der Waals surface area contributed by atoms with Crippen molar-refractivity contribution < 1.29 is 19.1 Å². The molecule has 40 heavy (non-hydrogen) atoms. The maximum atomic E-state index is 13.8. The van der Waals surface area contributed by atoms with Gasteiger partial charge in [-0.2, -0.15) is 0 Å². The van der Waals surface area contributed by atoms with E-state index in [1.165, 1.54) is 11.8 Å². The van der Waals surface area contributed by atoms with Crippen molar-refractivity contribution in [3.05, 3.63) is 71.9 Å². The molecule has 1 unspecified atom stereocenters. The van der Waals surface area contributed by atoms with Gasteiger partial charge in [-0.15, -0.1) is 0 Å². The number of benzene rings is 2. The third-order valence-corrected chi connectivity index (χ3v) is 7.02. The van der Waals surface area contributed by atoms with Gasteiger partial charge in [-0.3, -0.25) is 4.79 Å². The van der Waals surface area contributed by atoms with Crippen LogP contribution in [-0.4, -0.2) is 72.5 Å². The molecule has 10 heteroatoms. The minimum absolute atomic E-state index is 0.177. The number of hydrogen-bond donors (Lipinski definition) is 0. The van der Waals surface area contributed by atoms with E-state index in [4.69, 9.17) is 9.47 Å². The van der Waals surface area contributed by atoms with Gasteiger partial charge < -0.3 is 24.2 Å². The highest BCUT2D eigenvalue weighted by Crippen LogP contribution is 2.36. The monoisotopic (exact) mass is 563 g/mol. The number of hydrogen-bond acceptors (Lipinski definition) is 8. The van der Waals surface area contributed by atoms with Crippen molar-refractivity contribution in [2.75, 3.05) is 49.8 Å². The summed E-state index contributed by atoms with van der Waals surface area (Å²) in [7, 11) is 3.65. The fourth-order valence-corrected chi connectivity index (χ4v) is 4.70. The molecule has 0 fully saturated rings. The predicted molar refractivity (Wildman–Crippen MR) is 158 cm³/mol. The second-order valence-corrected chi connectivity index (χ2v) is 11.4. The Morgan fingerprint density at radius 2 is 1.80 bits per heavy atom. The molecule has 0 saturated heterocycles. The molecular formula is C30H37N5O4S. The van der Waals surface area contributed by atoms with Crippen LogP contribution in [0.4, 0.5) is 16.3 Å². The van der Waals surface area contributed by atoms with Crippen molar-refractivity contribution in [3.8, 4) is 5.75 Å². The van der Waals surface area contributed by atoms with E-state index in [2.05, 4.69) is 9.97 Å². The molecule has 4 rings (SSSR count). The van der Waals surface area contributed by atoms with Crippen molar-refractivity contribution in [2.45, 2.75) is 44.1 Å². The molecule has 0 saturated carbocycles. The summed E-state index contributed by atoms with van der Waals surface area (Å²) in [6.07, 6.45) is 3.29. The van der Waals surface area contributed by atoms with Crippen LogP contribution in [0.1, 0.15) is 49.2 Å². The molecule has 0 spiro atoms. The lowest BCUT2D eigenvalue weighted by Gasteiger charge is -2.28. The highest BCUT2D eigenvalue weighted by atomic mass is 32.2. The molecule has 1 aliphatic rings. The molecule has 1 aliphatic heterocycles. The van der Waals surface area contributed by atoms with Crippen LogP contribution in [0.15, 0.2) is 66.0 Å². The van der Waals surface area contributed by atoms with E-state index < -0.39 is 5.60 Å². The van der Waals surface area contributed by atoms with Gasteiger partial charge in [-0.05, 0) is 44.7 Å². The zero-order valence-electron chi connectivity index (χ0n) is 24.0. The van der Waals surface area contributed by atoms with E-state index in [1.54, 1.807) is 23.0 Å². The maximum Gasteiger partial charge on any atom is 0.410 e. The number of likely N-dealkylation sites (N-methyl/N-ethyl adjacent to an activating group) is 1. The fraction of sp³-hybridized carbons (Fsp3) is 0.400. The summed E-state index contributed by atoms with van der Waals surface area (Å²) < 4.78 is 12.2. The lowest BCUT2D eigenvalue weighted by atomic mass is 10.1. The Kier molecular flexibility index (Phi) is 9.19. The van der Waals surface area contributed by atoms with Crippen LogP contribution >= 0.6 is 11.8 Å². The number of aromatic nitrogens is 2. The summed E-state index contributed by atoms with van der Waals surface area (Å²) in [6, 6.07) is 17.4. The van der Waals surface area contributed by atoms with E-state index >= 15 is 0 Å². The van der Waals surface area contributed by atoms with Crippen molar-refractivity contribution in [1.29, 1.82) is 0 Å². The topological polar surface area (TPSA) is 88.1 Å². The Balaban J connectivity index is 1.61. The summed E-state index contributed by atoms with van der Waals surface area (Å²) in [5, 5.41) is 0.623. The average molecular weight is 564 g/mol. The Bertz CT molecular complexity index is 1330. The first-order valence-corrected chi connectivity index (χ1v) is 14.5. The Morgan fingerprint density at radius 1 is 1.10 bits per heavy atom. The molecule has 3 aromatic rings. The maximum absolute atomic E-state index is 13.8. The van der Waals surface area contributed by atoms with Gasteiger partial charge in [0.15, 0.2) is 5.16 Å². The minimum atomic E-state index is -0.575. The van der Waals surface area contributed by atoms with E-state index in [-0.39, 0.29) is 18.1 Å². The SMILES string of the molecule is CSc1ncc2c(n1)N(C)CCN(c1ccccc1OC(CCN(C)C(=O)OC(C)(C)C)c1ccccc1)C2=O. The number of fused-ring (bicyclic) bond motifs is 1. The van der Waals surface area contributed by atoms with Gasteiger partial charge in [-0.25, -0.2) is 14.8 Å². The van der Waals surface area contributed by atoms with Crippen LogP contribution in [0.5, 0.6) is 5.75 Å². The molecule has 1 atom stereocenters. The third kappa shape index (κ3) is 7.04. The van der Waals surface area contributed by atoms with Crippen LogP contribution in [0.25, 0.3) is 0 Å². The molecule has 9 nitrogen and oxygen atoms in total. The molecular weight excluding hydrogens is 526 g/mol. The molecule has 2 amide bonds. The molecule has 2 aromatic carbocycles. The van der Waals surface area contributed by atoms with Gasteiger partial charge in [0.1, 0.15) is 28.8 Å². The zero-order chi connectivity index (χ0) is 28.9. The number of anilines is 2. The van der Waals surface area contributed by atoms with Gasteiger partial charge in [0.05, 0.1) is 5.69 Å². The lowest BCUT2D eigenvalue weighted by molar-refractivity contribution is 0.0278. The van der Waals surface area contributed by atoms with Crippen LogP contribution in [0, 0.1) is 0 Å². The van der Waals surface area contributed by atoms with Crippen LogP contribution in [0.3, 0.4) is 0 Å². The highest BCUT2D eigenvalue weighted by Gasteiger charge is 2.30. The predicted octanol–water partition coefficient (Wildman–Crippen LogP) is 5.67. The largest absolute Gasteiger partial charge is 0.483 e. The standard InChI is InChI=1S/C30H37N5O4S/c1-30(2,3)39-29(37)34(5)17-16-24(21-12-8-7-9-13-21)38-25-15-11-10-14-23(25)35-19-18-33(4)26-22(27(35)36)20-31-28(32-26)40-6/h7-15,20,24H,16-19H2,1-6H3.